The Hall–Kier alpha value is -0.770. The van der Waals surface area contributed by atoms with Crippen molar-refractivity contribution in [2.24, 2.45) is 0 Å². The molecule has 0 aliphatic rings. The first-order chi connectivity index (χ1) is 5.57. The quantitative estimate of drug-likeness (QED) is 0.796. The van der Waals surface area contributed by atoms with Gasteiger partial charge in [0.25, 0.3) is 5.56 Å². The predicted molar refractivity (Wildman–Crippen MR) is 53.2 cm³/mol. The van der Waals surface area contributed by atoms with Crippen LogP contribution in [0.4, 0.5) is 5.69 Å². The largest absolute Gasteiger partial charge is 0.397 e. The second-order valence-electron chi connectivity index (χ2n) is 2.61. The maximum absolute atomic E-state index is 11.4. The van der Waals surface area contributed by atoms with Crippen LogP contribution in [0.25, 0.3) is 0 Å². The molecule has 0 aliphatic heterocycles. The second-order valence-corrected chi connectivity index (χ2v) is 3.41. The molecule has 0 atom stereocenters. The van der Waals surface area contributed by atoms with Crippen molar-refractivity contribution < 1.29 is 0 Å². The van der Waals surface area contributed by atoms with E-state index in [-0.39, 0.29) is 5.56 Å². The van der Waals surface area contributed by atoms with Gasteiger partial charge in [0, 0.05) is 12.7 Å². The molecule has 0 radical (unpaired) electrons. The van der Waals surface area contributed by atoms with Gasteiger partial charge in [-0.15, -0.1) is 0 Å². The molecule has 1 aromatic heterocycles. The molecule has 0 fully saturated rings. The van der Waals surface area contributed by atoms with Crippen LogP contribution in [0.1, 0.15) is 12.5 Å². The van der Waals surface area contributed by atoms with Gasteiger partial charge in [-0.1, -0.05) is 0 Å². The molecule has 0 unspecified atom stereocenters. The Bertz CT molecular complexity index is 357. The van der Waals surface area contributed by atoms with Crippen LogP contribution in [0.5, 0.6) is 0 Å². The summed E-state index contributed by atoms with van der Waals surface area (Å²) in [6.45, 7) is 4.37. The van der Waals surface area contributed by atoms with Gasteiger partial charge in [-0.3, -0.25) is 4.79 Å². The van der Waals surface area contributed by atoms with Gasteiger partial charge < -0.3 is 10.3 Å². The lowest BCUT2D eigenvalue weighted by atomic mass is 10.2. The lowest BCUT2D eigenvalue weighted by Crippen LogP contribution is -2.21. The van der Waals surface area contributed by atoms with Gasteiger partial charge in [0.2, 0.25) is 0 Å². The number of halogens is 1. The maximum Gasteiger partial charge on any atom is 0.265 e. The van der Waals surface area contributed by atoms with Gasteiger partial charge in [-0.05, 0) is 35.3 Å². The number of rotatable bonds is 1. The van der Waals surface area contributed by atoms with Crippen LogP contribution in [-0.2, 0) is 6.54 Å². The molecule has 0 spiro atoms. The van der Waals surface area contributed by atoms with Gasteiger partial charge in [0.1, 0.15) is 0 Å². The summed E-state index contributed by atoms with van der Waals surface area (Å²) in [7, 11) is 0. The van der Waals surface area contributed by atoms with Crippen LogP contribution in [0.15, 0.2) is 15.5 Å². The number of anilines is 1. The topological polar surface area (TPSA) is 48.0 Å². The highest BCUT2D eigenvalue weighted by atomic mass is 79.9. The summed E-state index contributed by atoms with van der Waals surface area (Å²) in [5.74, 6) is 0. The van der Waals surface area contributed by atoms with Crippen molar-refractivity contribution in [1.29, 1.82) is 0 Å². The Labute approximate surface area is 79.3 Å². The van der Waals surface area contributed by atoms with Crippen molar-refractivity contribution in [3.8, 4) is 0 Å². The number of aryl methyl sites for hydroxylation is 1. The summed E-state index contributed by atoms with van der Waals surface area (Å²) in [6, 6.07) is 0. The van der Waals surface area contributed by atoms with Crippen molar-refractivity contribution in [1.82, 2.24) is 4.57 Å². The smallest absolute Gasteiger partial charge is 0.265 e. The normalized spacial score (nSPS) is 10.2. The Morgan fingerprint density at radius 2 is 2.25 bits per heavy atom. The summed E-state index contributed by atoms with van der Waals surface area (Å²) >= 11 is 3.21. The number of nitrogens with two attached hydrogens (primary N) is 1. The maximum atomic E-state index is 11.4. The summed E-state index contributed by atoms with van der Waals surface area (Å²) < 4.78 is 2.14. The summed E-state index contributed by atoms with van der Waals surface area (Å²) in [6.07, 6.45) is 1.67. The second kappa shape index (κ2) is 3.31. The van der Waals surface area contributed by atoms with Crippen LogP contribution in [0.3, 0.4) is 0 Å². The third-order valence-corrected chi connectivity index (χ3v) is 2.78. The zero-order valence-corrected chi connectivity index (χ0v) is 8.68. The van der Waals surface area contributed by atoms with Crippen molar-refractivity contribution in [3.63, 3.8) is 0 Å². The van der Waals surface area contributed by atoms with E-state index in [2.05, 4.69) is 15.9 Å². The first-order valence-corrected chi connectivity index (χ1v) is 4.52. The molecule has 0 amide bonds. The molecule has 1 rings (SSSR count). The summed E-state index contributed by atoms with van der Waals surface area (Å²) in [4.78, 5) is 11.4. The molecule has 0 bridgehead atoms. The number of pyridine rings is 1. The van der Waals surface area contributed by atoms with Gasteiger partial charge in [0.15, 0.2) is 0 Å². The number of aromatic nitrogens is 1. The fourth-order valence-corrected chi connectivity index (χ4v) is 1.43. The van der Waals surface area contributed by atoms with Crippen molar-refractivity contribution >= 4 is 21.6 Å². The van der Waals surface area contributed by atoms with Crippen LogP contribution in [-0.4, -0.2) is 4.57 Å². The molecule has 0 aromatic carbocycles. The highest BCUT2D eigenvalue weighted by Gasteiger charge is 2.06. The van der Waals surface area contributed by atoms with E-state index in [4.69, 9.17) is 5.73 Å². The van der Waals surface area contributed by atoms with E-state index in [0.717, 1.165) is 5.56 Å². The van der Waals surface area contributed by atoms with E-state index >= 15 is 0 Å². The van der Waals surface area contributed by atoms with E-state index in [1.54, 1.807) is 10.8 Å². The lowest BCUT2D eigenvalue weighted by Gasteiger charge is -2.07. The SMILES string of the molecule is CCn1cc(N)c(C)c(Br)c1=O. The summed E-state index contributed by atoms with van der Waals surface area (Å²) in [5.41, 5.74) is 7.10. The molecule has 66 valence electrons. The van der Waals surface area contributed by atoms with Crippen LogP contribution < -0.4 is 11.3 Å². The molecule has 1 heterocycles. The molecule has 2 N–H and O–H groups in total. The lowest BCUT2D eigenvalue weighted by molar-refractivity contribution is 0.723. The molecule has 0 aliphatic carbocycles. The number of hydrogen-bond donors (Lipinski definition) is 1. The third kappa shape index (κ3) is 1.39. The van der Waals surface area contributed by atoms with Crippen molar-refractivity contribution in [2.75, 3.05) is 5.73 Å². The van der Waals surface area contributed by atoms with Gasteiger partial charge >= 0.3 is 0 Å². The number of nitrogen functional groups attached to an aromatic ring is 1. The van der Waals surface area contributed by atoms with Crippen LogP contribution in [0.2, 0.25) is 0 Å². The zero-order chi connectivity index (χ0) is 9.30. The molecular formula is C8H11BrN2O. The third-order valence-electron chi connectivity index (χ3n) is 1.85. The fraction of sp³-hybridized carbons (Fsp3) is 0.375. The highest BCUT2D eigenvalue weighted by Crippen LogP contribution is 2.16. The van der Waals surface area contributed by atoms with Crippen LogP contribution in [0, 0.1) is 6.92 Å². The van der Waals surface area contributed by atoms with E-state index in [9.17, 15) is 4.79 Å². The van der Waals surface area contributed by atoms with Crippen molar-refractivity contribution in [3.05, 3.63) is 26.6 Å². The number of hydrogen-bond acceptors (Lipinski definition) is 2. The van der Waals surface area contributed by atoms with E-state index in [1.165, 1.54) is 0 Å². The van der Waals surface area contributed by atoms with Gasteiger partial charge in [-0.2, -0.15) is 0 Å². The summed E-state index contributed by atoms with van der Waals surface area (Å²) in [5, 5.41) is 0. The standard InChI is InChI=1S/C8H11BrN2O/c1-3-11-4-6(10)5(2)7(9)8(11)12/h4H,3,10H2,1-2H3. The fourth-order valence-electron chi connectivity index (χ4n) is 0.971. The molecule has 12 heavy (non-hydrogen) atoms. The monoisotopic (exact) mass is 230 g/mol. The molecule has 0 saturated heterocycles. The van der Waals surface area contributed by atoms with Gasteiger partial charge in [-0.25, -0.2) is 0 Å². The molecule has 1 aromatic rings. The first-order valence-electron chi connectivity index (χ1n) is 3.73. The first kappa shape index (κ1) is 9.32. The Morgan fingerprint density at radius 3 is 2.75 bits per heavy atom. The van der Waals surface area contributed by atoms with E-state index in [1.807, 2.05) is 13.8 Å². The molecule has 3 nitrogen and oxygen atoms in total. The Morgan fingerprint density at radius 1 is 1.67 bits per heavy atom. The predicted octanol–water partition coefficient (Wildman–Crippen LogP) is 1.52. The van der Waals surface area contributed by atoms with E-state index in [0.29, 0.717) is 16.7 Å². The minimum absolute atomic E-state index is 0.0239. The van der Waals surface area contributed by atoms with Crippen molar-refractivity contribution in [2.45, 2.75) is 20.4 Å². The average Bonchev–Trinajstić information content (AvgIpc) is 2.08. The average molecular weight is 231 g/mol. The molecule has 4 heteroatoms. The highest BCUT2D eigenvalue weighted by molar-refractivity contribution is 9.10. The Balaban J connectivity index is 3.50. The van der Waals surface area contributed by atoms with Crippen LogP contribution >= 0.6 is 15.9 Å². The molecule has 0 saturated carbocycles. The van der Waals surface area contributed by atoms with Gasteiger partial charge in [0.05, 0.1) is 10.2 Å². The minimum Gasteiger partial charge on any atom is -0.397 e. The molecular weight excluding hydrogens is 220 g/mol. The van der Waals surface area contributed by atoms with E-state index < -0.39 is 0 Å². The minimum atomic E-state index is -0.0239. The zero-order valence-electron chi connectivity index (χ0n) is 7.10. The number of nitrogens with zero attached hydrogens (tertiary/aromatic N) is 1. The Kier molecular flexibility index (Phi) is 2.57.